The van der Waals surface area contributed by atoms with Gasteiger partial charge in [-0.3, -0.25) is 0 Å². The molecule has 8 heteroatoms. The first-order chi connectivity index (χ1) is 16.3. The van der Waals surface area contributed by atoms with Crippen LogP contribution in [0.2, 0.25) is 0 Å². The van der Waals surface area contributed by atoms with Crippen LogP contribution < -0.4 is 5.73 Å². The topological polar surface area (TPSA) is 127 Å². The highest BCUT2D eigenvalue weighted by atomic mass is 16.5. The predicted molar refractivity (Wildman–Crippen MR) is 133 cm³/mol. The van der Waals surface area contributed by atoms with E-state index in [2.05, 4.69) is 22.5 Å². The van der Waals surface area contributed by atoms with Crippen LogP contribution in [0.15, 0.2) is 80.9 Å². The zero-order valence-electron chi connectivity index (χ0n) is 19.7. The Morgan fingerprint density at radius 3 is 2.74 bits per heavy atom. The number of hydrogen-bond acceptors (Lipinski definition) is 6. The van der Waals surface area contributed by atoms with Gasteiger partial charge in [-0.1, -0.05) is 24.8 Å². The van der Waals surface area contributed by atoms with E-state index in [0.29, 0.717) is 47.4 Å². The van der Waals surface area contributed by atoms with Gasteiger partial charge in [-0.15, -0.1) is 12.3 Å². The van der Waals surface area contributed by atoms with E-state index in [1.807, 2.05) is 6.08 Å². The normalized spacial score (nSPS) is 20.2. The number of nitrogens with zero attached hydrogens (tertiary/aromatic N) is 2. The molecule has 2 atom stereocenters. The number of allylic oxidation sites excluding steroid dienone is 5. The van der Waals surface area contributed by atoms with Crippen LogP contribution in [0.3, 0.4) is 0 Å². The second kappa shape index (κ2) is 12.4. The van der Waals surface area contributed by atoms with Crippen LogP contribution >= 0.6 is 0 Å². The summed E-state index contributed by atoms with van der Waals surface area (Å²) in [5.41, 5.74) is 7.83. The van der Waals surface area contributed by atoms with Gasteiger partial charge in [-0.2, -0.15) is 0 Å². The number of esters is 1. The van der Waals surface area contributed by atoms with E-state index in [-0.39, 0.29) is 29.8 Å². The summed E-state index contributed by atoms with van der Waals surface area (Å²) in [4.78, 5) is 21.0. The van der Waals surface area contributed by atoms with E-state index < -0.39 is 12.1 Å². The SMILES string of the molecule is C#CC[C@H](O)C(=C\C)/C(/N=C(\N)C1=C(O)C=CCC1)=N/C(=C)[C@H]1C=CC(C(=O)OC)=C(OC)C1. The number of rotatable bonds is 8. The lowest BCUT2D eigenvalue weighted by Gasteiger charge is -2.21. The highest BCUT2D eigenvalue weighted by molar-refractivity contribution is 6.11. The fourth-order valence-electron chi connectivity index (χ4n) is 3.55. The average molecular weight is 466 g/mol. The van der Waals surface area contributed by atoms with Crippen molar-refractivity contribution in [2.24, 2.45) is 21.6 Å². The number of ether oxygens (including phenoxy) is 2. The molecule has 2 rings (SSSR count). The van der Waals surface area contributed by atoms with Crippen molar-refractivity contribution < 1.29 is 24.5 Å². The lowest BCUT2D eigenvalue weighted by Crippen LogP contribution is -2.24. The maximum absolute atomic E-state index is 12.0. The molecule has 34 heavy (non-hydrogen) atoms. The lowest BCUT2D eigenvalue weighted by atomic mass is 9.92. The van der Waals surface area contributed by atoms with E-state index in [1.165, 1.54) is 14.2 Å². The van der Waals surface area contributed by atoms with E-state index in [4.69, 9.17) is 21.6 Å². The fraction of sp³-hybridized carbons (Fsp3) is 0.346. The van der Waals surface area contributed by atoms with Crippen molar-refractivity contribution in [3.8, 4) is 12.3 Å². The van der Waals surface area contributed by atoms with Crippen molar-refractivity contribution in [1.29, 1.82) is 0 Å². The predicted octanol–water partition coefficient (Wildman–Crippen LogP) is 3.40. The molecule has 0 spiro atoms. The maximum Gasteiger partial charge on any atom is 0.341 e. The molecule has 2 aliphatic rings. The Balaban J connectivity index is 2.47. The summed E-state index contributed by atoms with van der Waals surface area (Å²) in [6.07, 6.45) is 14.5. The highest BCUT2D eigenvalue weighted by Gasteiger charge is 2.25. The molecule has 2 aliphatic carbocycles. The highest BCUT2D eigenvalue weighted by Crippen LogP contribution is 2.30. The Morgan fingerprint density at radius 2 is 2.15 bits per heavy atom. The van der Waals surface area contributed by atoms with Crippen LogP contribution in [0.25, 0.3) is 0 Å². The van der Waals surface area contributed by atoms with Gasteiger partial charge in [0.05, 0.1) is 25.9 Å². The van der Waals surface area contributed by atoms with Gasteiger partial charge in [0, 0.05) is 35.6 Å². The third kappa shape index (κ3) is 6.36. The molecule has 0 bridgehead atoms. The molecular weight excluding hydrogens is 434 g/mol. The van der Waals surface area contributed by atoms with Crippen LogP contribution in [-0.4, -0.2) is 48.2 Å². The largest absolute Gasteiger partial charge is 0.508 e. The molecule has 0 radical (unpaired) electrons. The molecular formula is C26H31N3O5. The van der Waals surface area contributed by atoms with Gasteiger partial charge in [-0.05, 0) is 31.9 Å². The van der Waals surface area contributed by atoms with Gasteiger partial charge >= 0.3 is 5.97 Å². The number of hydrogen-bond donors (Lipinski definition) is 3. The molecule has 8 nitrogen and oxygen atoms in total. The summed E-state index contributed by atoms with van der Waals surface area (Å²) >= 11 is 0. The quantitative estimate of drug-likeness (QED) is 0.218. The maximum atomic E-state index is 12.0. The van der Waals surface area contributed by atoms with Crippen molar-refractivity contribution in [2.45, 2.75) is 38.7 Å². The molecule has 4 N–H and O–H groups in total. The van der Waals surface area contributed by atoms with Crippen molar-refractivity contribution in [2.75, 3.05) is 14.2 Å². The molecule has 0 amide bonds. The van der Waals surface area contributed by atoms with Crippen LogP contribution in [0.1, 0.15) is 32.6 Å². The Hall–Kier alpha value is -3.83. The average Bonchev–Trinajstić information content (AvgIpc) is 2.83. The Kier molecular flexibility index (Phi) is 9.65. The van der Waals surface area contributed by atoms with E-state index in [9.17, 15) is 15.0 Å². The second-order valence-corrected chi connectivity index (χ2v) is 7.60. The number of aliphatic imine (C=N–C) groups is 2. The first-order valence-corrected chi connectivity index (χ1v) is 10.8. The van der Waals surface area contributed by atoms with E-state index in [1.54, 1.807) is 31.2 Å². The van der Waals surface area contributed by atoms with Crippen LogP contribution in [-0.2, 0) is 14.3 Å². The minimum Gasteiger partial charge on any atom is -0.508 e. The fourth-order valence-corrected chi connectivity index (χ4v) is 3.55. The van der Waals surface area contributed by atoms with E-state index in [0.717, 1.165) is 0 Å². The number of aliphatic hydroxyl groups excluding tert-OH is 2. The summed E-state index contributed by atoms with van der Waals surface area (Å²) in [6, 6.07) is 0. The number of amidine groups is 2. The number of nitrogens with two attached hydrogens (primary N) is 1. The third-order valence-electron chi connectivity index (χ3n) is 5.45. The summed E-state index contributed by atoms with van der Waals surface area (Å²) < 4.78 is 10.2. The number of methoxy groups -OCH3 is 2. The van der Waals surface area contributed by atoms with Crippen LogP contribution in [0.4, 0.5) is 0 Å². The molecule has 0 fully saturated rings. The van der Waals surface area contributed by atoms with E-state index >= 15 is 0 Å². The first kappa shape index (κ1) is 26.4. The number of aliphatic hydroxyl groups is 2. The van der Waals surface area contributed by atoms with Gasteiger partial charge in [-0.25, -0.2) is 14.8 Å². The van der Waals surface area contributed by atoms with Gasteiger partial charge in [0.1, 0.15) is 17.4 Å². The number of carbonyl (C=O) groups is 1. The third-order valence-corrected chi connectivity index (χ3v) is 5.45. The van der Waals surface area contributed by atoms with Crippen molar-refractivity contribution in [1.82, 2.24) is 0 Å². The second-order valence-electron chi connectivity index (χ2n) is 7.60. The van der Waals surface area contributed by atoms with Crippen LogP contribution in [0.5, 0.6) is 0 Å². The molecule has 0 aromatic carbocycles. The Bertz CT molecular complexity index is 1080. The van der Waals surface area contributed by atoms with Gasteiger partial charge in [0.2, 0.25) is 0 Å². The zero-order chi connectivity index (χ0) is 25.3. The molecule has 0 saturated carbocycles. The lowest BCUT2D eigenvalue weighted by molar-refractivity contribution is -0.136. The molecule has 0 saturated heterocycles. The number of carbonyl (C=O) groups excluding carboxylic acids is 1. The first-order valence-electron chi connectivity index (χ1n) is 10.8. The monoisotopic (exact) mass is 465 g/mol. The zero-order valence-corrected chi connectivity index (χ0v) is 19.7. The van der Waals surface area contributed by atoms with Gasteiger partial charge in [0.25, 0.3) is 0 Å². The Labute approximate surface area is 200 Å². The van der Waals surface area contributed by atoms with Gasteiger partial charge < -0.3 is 25.4 Å². The van der Waals surface area contributed by atoms with Crippen molar-refractivity contribution >= 4 is 17.6 Å². The minimum atomic E-state index is -1.02. The van der Waals surface area contributed by atoms with Crippen molar-refractivity contribution in [3.05, 3.63) is 70.9 Å². The number of terminal acetylenes is 1. The molecule has 0 unspecified atom stereocenters. The van der Waals surface area contributed by atoms with Gasteiger partial charge in [0.15, 0.2) is 5.84 Å². The Morgan fingerprint density at radius 1 is 1.41 bits per heavy atom. The van der Waals surface area contributed by atoms with Crippen LogP contribution in [0, 0.1) is 18.3 Å². The summed E-state index contributed by atoms with van der Waals surface area (Å²) in [7, 11) is 2.78. The van der Waals surface area contributed by atoms with Crippen molar-refractivity contribution in [3.63, 3.8) is 0 Å². The summed E-state index contributed by atoms with van der Waals surface area (Å²) in [6.45, 7) is 5.80. The smallest absolute Gasteiger partial charge is 0.341 e. The summed E-state index contributed by atoms with van der Waals surface area (Å²) in [5.74, 6) is 2.34. The molecule has 0 aromatic heterocycles. The molecule has 0 heterocycles. The summed E-state index contributed by atoms with van der Waals surface area (Å²) in [5, 5.41) is 20.8. The standard InChI is InChI=1S/C26H31N3O5/c1-6-10-21(30)18(7-2)25(29-24(27)19-11-8-9-12-22(19)31)28-16(3)17-13-14-20(26(32)34-5)23(15-17)33-4/h1,7,9,12-14,17,21,30-31H,3,8,10-11,15H2,2,4-5H3,(H2,27,28,29)/b18-7+/t17-,21-/m0/s1. The minimum absolute atomic E-state index is 0.0392. The molecule has 180 valence electrons. The molecule has 0 aromatic rings. The molecule has 0 aliphatic heterocycles.